The zero-order chi connectivity index (χ0) is 22.3. The number of amides is 1. The standard InChI is InChI=1S/C25H26FN3O2/c1-14-6-5-7-20(27-14)29-24(31)21-15(2)28-18-12-25(3,4)13-19(30)23(18)22(21)16-8-10-17(26)11-9-16/h5-11,21-22H,12-13H2,1-4H3,(H,27,29,31)/t21?,22-/m0/s1. The van der Waals surface area contributed by atoms with Crippen LogP contribution >= 0.6 is 0 Å². The summed E-state index contributed by atoms with van der Waals surface area (Å²) in [6, 6.07) is 11.4. The maximum Gasteiger partial charge on any atom is 0.235 e. The highest BCUT2D eigenvalue weighted by atomic mass is 19.1. The summed E-state index contributed by atoms with van der Waals surface area (Å²) >= 11 is 0. The number of carbonyl (C=O) groups excluding carboxylic acids is 2. The number of aromatic nitrogens is 1. The third-order valence-electron chi connectivity index (χ3n) is 5.95. The molecule has 2 aromatic rings. The van der Waals surface area contributed by atoms with Crippen molar-refractivity contribution in [2.24, 2.45) is 16.3 Å². The molecular formula is C25H26FN3O2. The lowest BCUT2D eigenvalue weighted by Crippen LogP contribution is -2.41. The number of carbonyl (C=O) groups is 2. The fourth-order valence-corrected chi connectivity index (χ4v) is 4.63. The Balaban J connectivity index is 1.79. The van der Waals surface area contributed by atoms with Crippen LogP contribution in [-0.2, 0) is 9.59 Å². The van der Waals surface area contributed by atoms with Crippen molar-refractivity contribution in [2.75, 3.05) is 5.32 Å². The van der Waals surface area contributed by atoms with E-state index >= 15 is 0 Å². The normalized spacial score (nSPS) is 22.6. The average molecular weight is 420 g/mol. The van der Waals surface area contributed by atoms with Gasteiger partial charge in [0.05, 0.1) is 5.92 Å². The van der Waals surface area contributed by atoms with E-state index in [0.717, 1.165) is 17.0 Å². The number of nitrogens with one attached hydrogen (secondary N) is 1. The van der Waals surface area contributed by atoms with E-state index in [2.05, 4.69) is 24.1 Å². The highest BCUT2D eigenvalue weighted by molar-refractivity contribution is 6.13. The van der Waals surface area contributed by atoms with Crippen LogP contribution in [0.5, 0.6) is 0 Å². The molecule has 0 fully saturated rings. The van der Waals surface area contributed by atoms with Gasteiger partial charge in [0.15, 0.2) is 5.78 Å². The fourth-order valence-electron chi connectivity index (χ4n) is 4.63. The van der Waals surface area contributed by atoms with E-state index in [1.807, 2.05) is 26.0 Å². The molecule has 5 nitrogen and oxygen atoms in total. The van der Waals surface area contributed by atoms with Crippen molar-refractivity contribution in [3.63, 3.8) is 0 Å². The largest absolute Gasteiger partial charge is 0.310 e. The van der Waals surface area contributed by atoms with Crippen molar-refractivity contribution in [3.8, 4) is 0 Å². The lowest BCUT2D eigenvalue weighted by Gasteiger charge is -2.39. The molecule has 4 rings (SSSR count). The third kappa shape index (κ3) is 4.20. The Bertz CT molecular complexity index is 1120. The molecule has 2 atom stereocenters. The van der Waals surface area contributed by atoms with Crippen LogP contribution in [0.4, 0.5) is 10.2 Å². The van der Waals surface area contributed by atoms with Crippen LogP contribution in [-0.4, -0.2) is 22.4 Å². The van der Waals surface area contributed by atoms with Gasteiger partial charge >= 0.3 is 0 Å². The van der Waals surface area contributed by atoms with Crippen LogP contribution in [0.25, 0.3) is 0 Å². The lowest BCUT2D eigenvalue weighted by molar-refractivity contribution is -0.119. The van der Waals surface area contributed by atoms with Crippen LogP contribution < -0.4 is 5.32 Å². The minimum atomic E-state index is -0.684. The molecule has 0 bridgehead atoms. The summed E-state index contributed by atoms with van der Waals surface area (Å²) in [6.45, 7) is 7.77. The van der Waals surface area contributed by atoms with Crippen LogP contribution in [0.2, 0.25) is 0 Å². The van der Waals surface area contributed by atoms with Crippen molar-refractivity contribution in [3.05, 3.63) is 70.8 Å². The maximum atomic E-state index is 13.6. The Morgan fingerprint density at radius 1 is 1.10 bits per heavy atom. The van der Waals surface area contributed by atoms with Crippen molar-refractivity contribution >= 4 is 23.2 Å². The number of ketones is 1. The van der Waals surface area contributed by atoms with Gasteiger partial charge in [0.1, 0.15) is 11.6 Å². The van der Waals surface area contributed by atoms with Gasteiger partial charge in [-0.25, -0.2) is 9.37 Å². The Morgan fingerprint density at radius 3 is 2.48 bits per heavy atom. The molecule has 1 aromatic heterocycles. The summed E-state index contributed by atoms with van der Waals surface area (Å²) in [4.78, 5) is 35.7. The van der Waals surface area contributed by atoms with Crippen molar-refractivity contribution < 1.29 is 14.0 Å². The molecule has 2 heterocycles. The first-order chi connectivity index (χ1) is 14.6. The molecule has 0 radical (unpaired) electrons. The second-order valence-corrected chi connectivity index (χ2v) is 9.21. The number of hydrogen-bond acceptors (Lipinski definition) is 4. The molecule has 0 saturated heterocycles. The summed E-state index contributed by atoms with van der Waals surface area (Å²) < 4.78 is 13.6. The molecule has 160 valence electrons. The van der Waals surface area contributed by atoms with Crippen LogP contribution in [0.3, 0.4) is 0 Å². The van der Waals surface area contributed by atoms with Gasteiger partial charge in [-0.3, -0.25) is 14.6 Å². The van der Waals surface area contributed by atoms with Crippen LogP contribution in [0.1, 0.15) is 50.8 Å². The molecular weight excluding hydrogens is 393 g/mol. The minimum Gasteiger partial charge on any atom is -0.310 e. The van der Waals surface area contributed by atoms with E-state index in [-0.39, 0.29) is 22.9 Å². The van der Waals surface area contributed by atoms with Gasteiger partial charge in [-0.2, -0.15) is 0 Å². The number of anilines is 1. The van der Waals surface area contributed by atoms with Gasteiger partial charge in [0.25, 0.3) is 0 Å². The molecule has 1 aliphatic carbocycles. The topological polar surface area (TPSA) is 71.4 Å². The van der Waals surface area contributed by atoms with Gasteiger partial charge in [-0.05, 0) is 55.5 Å². The number of aliphatic imine (C=N–C) groups is 1. The van der Waals surface area contributed by atoms with Crippen molar-refractivity contribution in [1.82, 2.24) is 4.98 Å². The van der Waals surface area contributed by atoms with Gasteiger partial charge in [-0.1, -0.05) is 32.0 Å². The van der Waals surface area contributed by atoms with Crippen molar-refractivity contribution in [1.29, 1.82) is 0 Å². The molecule has 1 aromatic carbocycles. The number of allylic oxidation sites excluding steroid dienone is 2. The molecule has 1 N–H and O–H groups in total. The van der Waals surface area contributed by atoms with E-state index in [1.54, 1.807) is 18.2 Å². The SMILES string of the molecule is CC1=NC2=C(C(=O)CC(C)(C)C2)[C@@H](c2ccc(F)cc2)C1C(=O)Nc1cccc(C)n1. The Labute approximate surface area is 181 Å². The molecule has 0 saturated carbocycles. The van der Waals surface area contributed by atoms with Gasteiger partial charge in [-0.15, -0.1) is 0 Å². The number of halogens is 1. The molecule has 1 unspecified atom stereocenters. The summed E-state index contributed by atoms with van der Waals surface area (Å²) in [5.41, 5.74) is 3.29. The quantitative estimate of drug-likeness (QED) is 0.762. The predicted octanol–water partition coefficient (Wildman–Crippen LogP) is 4.99. The van der Waals surface area contributed by atoms with Crippen LogP contribution in [0, 0.1) is 24.1 Å². The lowest BCUT2D eigenvalue weighted by atomic mass is 9.66. The highest BCUT2D eigenvalue weighted by Gasteiger charge is 2.45. The van der Waals surface area contributed by atoms with E-state index in [4.69, 9.17) is 4.99 Å². The number of rotatable bonds is 3. The second kappa shape index (κ2) is 7.84. The number of aryl methyl sites for hydroxylation is 1. The fraction of sp³-hybridized carbons (Fsp3) is 0.360. The molecule has 1 aliphatic heterocycles. The number of pyridine rings is 1. The van der Waals surface area contributed by atoms with E-state index in [0.29, 0.717) is 29.9 Å². The smallest absolute Gasteiger partial charge is 0.235 e. The summed E-state index contributed by atoms with van der Waals surface area (Å²) in [7, 11) is 0. The Kier molecular flexibility index (Phi) is 5.33. The Hall–Kier alpha value is -3.15. The highest BCUT2D eigenvalue weighted by Crippen LogP contribution is 2.47. The zero-order valence-corrected chi connectivity index (χ0v) is 18.2. The zero-order valence-electron chi connectivity index (χ0n) is 18.2. The van der Waals surface area contributed by atoms with E-state index in [1.165, 1.54) is 12.1 Å². The molecule has 2 aliphatic rings. The van der Waals surface area contributed by atoms with Gasteiger partial charge < -0.3 is 5.32 Å². The predicted molar refractivity (Wildman–Crippen MR) is 118 cm³/mol. The number of nitrogens with zero attached hydrogens (tertiary/aromatic N) is 2. The molecule has 6 heteroatoms. The Morgan fingerprint density at radius 2 is 1.81 bits per heavy atom. The summed E-state index contributed by atoms with van der Waals surface area (Å²) in [5, 5.41) is 2.88. The number of hydrogen-bond donors (Lipinski definition) is 1. The third-order valence-corrected chi connectivity index (χ3v) is 5.95. The summed E-state index contributed by atoms with van der Waals surface area (Å²) in [5.74, 6) is -1.38. The monoisotopic (exact) mass is 419 g/mol. The number of Topliss-reactive ketones (excluding diaryl/α,β-unsaturated/α-hetero) is 1. The first kappa shape index (κ1) is 21.1. The number of benzene rings is 1. The van der Waals surface area contributed by atoms with Crippen LogP contribution in [0.15, 0.2) is 58.7 Å². The minimum absolute atomic E-state index is 0.00306. The second-order valence-electron chi connectivity index (χ2n) is 9.21. The average Bonchev–Trinajstić information content (AvgIpc) is 2.66. The van der Waals surface area contributed by atoms with E-state index < -0.39 is 11.8 Å². The molecule has 0 spiro atoms. The first-order valence-electron chi connectivity index (χ1n) is 10.5. The molecule has 1 amide bonds. The van der Waals surface area contributed by atoms with Crippen molar-refractivity contribution in [2.45, 2.75) is 46.5 Å². The van der Waals surface area contributed by atoms with E-state index in [9.17, 15) is 14.0 Å². The molecule has 31 heavy (non-hydrogen) atoms. The first-order valence-corrected chi connectivity index (χ1v) is 10.5. The van der Waals surface area contributed by atoms with Gasteiger partial charge in [0.2, 0.25) is 5.91 Å². The van der Waals surface area contributed by atoms with Gasteiger partial charge in [0, 0.05) is 35.0 Å². The summed E-state index contributed by atoms with van der Waals surface area (Å²) in [6.07, 6.45) is 1.06. The maximum absolute atomic E-state index is 13.6.